The first-order valence-corrected chi connectivity index (χ1v) is 8.22. The van der Waals surface area contributed by atoms with Gasteiger partial charge in [0.2, 0.25) is 0 Å². The molecule has 2 aromatic heterocycles. The van der Waals surface area contributed by atoms with Crippen LogP contribution in [0.5, 0.6) is 0 Å². The smallest absolute Gasteiger partial charge is 0.299 e. The third-order valence-electron chi connectivity index (χ3n) is 3.29. The van der Waals surface area contributed by atoms with Gasteiger partial charge < -0.3 is 9.30 Å². The topological polar surface area (TPSA) is 69.4 Å². The van der Waals surface area contributed by atoms with Crippen LogP contribution < -0.4 is 4.80 Å². The normalized spacial score (nSPS) is 12.0. The van der Waals surface area contributed by atoms with Gasteiger partial charge in [0.05, 0.1) is 23.0 Å². The summed E-state index contributed by atoms with van der Waals surface area (Å²) in [6.07, 6.45) is 4.29. The number of rotatable bonds is 5. The van der Waals surface area contributed by atoms with Crippen LogP contribution in [-0.2, 0) is 11.3 Å². The molecule has 1 amide bonds. The zero-order chi connectivity index (χ0) is 16.9. The van der Waals surface area contributed by atoms with Crippen molar-refractivity contribution in [2.45, 2.75) is 13.5 Å². The molecule has 0 spiro atoms. The second-order valence-corrected chi connectivity index (χ2v) is 5.86. The van der Waals surface area contributed by atoms with Gasteiger partial charge in [-0.3, -0.25) is 9.78 Å². The van der Waals surface area contributed by atoms with E-state index in [1.807, 2.05) is 11.5 Å². The minimum Gasteiger partial charge on any atom is -0.380 e. The molecule has 0 aliphatic carbocycles. The number of benzene rings is 1. The Kier molecular flexibility index (Phi) is 5.07. The zero-order valence-corrected chi connectivity index (χ0v) is 13.8. The van der Waals surface area contributed by atoms with E-state index in [0.717, 1.165) is 10.2 Å². The molecule has 0 aliphatic heterocycles. The van der Waals surface area contributed by atoms with Crippen LogP contribution in [-0.4, -0.2) is 33.7 Å². The standard InChI is InChI=1S/C16H15FN4O2S/c1-2-23-8-7-21-13-4-3-11(17)9-14(13)24-16(21)20-15(22)12-10-18-5-6-19-12/h3-6,9-10H,2,7-8H2,1H3. The molecule has 0 unspecified atom stereocenters. The van der Waals surface area contributed by atoms with Gasteiger partial charge >= 0.3 is 0 Å². The number of ether oxygens (including phenoxy) is 1. The van der Waals surface area contributed by atoms with Crippen LogP contribution in [0.2, 0.25) is 0 Å². The highest BCUT2D eigenvalue weighted by Gasteiger charge is 2.10. The van der Waals surface area contributed by atoms with E-state index in [4.69, 9.17) is 4.74 Å². The van der Waals surface area contributed by atoms with Gasteiger partial charge in [0.25, 0.3) is 5.91 Å². The lowest BCUT2D eigenvalue weighted by molar-refractivity contribution is 0.0991. The van der Waals surface area contributed by atoms with Crippen LogP contribution in [0.25, 0.3) is 10.2 Å². The Labute approximate surface area is 141 Å². The monoisotopic (exact) mass is 346 g/mol. The molecule has 3 aromatic rings. The van der Waals surface area contributed by atoms with Crippen molar-refractivity contribution >= 4 is 27.5 Å². The quantitative estimate of drug-likeness (QED) is 0.665. The highest BCUT2D eigenvalue weighted by molar-refractivity contribution is 7.16. The Morgan fingerprint density at radius 3 is 3.04 bits per heavy atom. The summed E-state index contributed by atoms with van der Waals surface area (Å²) in [5.74, 6) is -0.812. The number of fused-ring (bicyclic) bond motifs is 1. The van der Waals surface area contributed by atoms with Crippen LogP contribution in [0.1, 0.15) is 17.4 Å². The second kappa shape index (κ2) is 7.41. The summed E-state index contributed by atoms with van der Waals surface area (Å²) in [6.45, 7) is 3.51. The molecule has 0 N–H and O–H groups in total. The molecule has 0 saturated carbocycles. The number of hydrogen-bond donors (Lipinski definition) is 0. The van der Waals surface area contributed by atoms with Crippen LogP contribution >= 0.6 is 11.3 Å². The minimum atomic E-state index is -0.486. The molecular formula is C16H15FN4O2S. The predicted molar refractivity (Wildman–Crippen MR) is 88.2 cm³/mol. The molecule has 0 radical (unpaired) electrons. The fourth-order valence-electron chi connectivity index (χ4n) is 2.20. The first-order valence-electron chi connectivity index (χ1n) is 7.40. The largest absolute Gasteiger partial charge is 0.380 e. The van der Waals surface area contributed by atoms with Crippen molar-refractivity contribution in [3.8, 4) is 0 Å². The van der Waals surface area contributed by atoms with Gasteiger partial charge in [-0.2, -0.15) is 4.99 Å². The van der Waals surface area contributed by atoms with Crippen molar-refractivity contribution in [2.75, 3.05) is 13.2 Å². The molecular weight excluding hydrogens is 331 g/mol. The number of amides is 1. The van der Waals surface area contributed by atoms with E-state index in [-0.39, 0.29) is 11.5 Å². The van der Waals surface area contributed by atoms with Gasteiger partial charge in [0.15, 0.2) is 4.80 Å². The summed E-state index contributed by atoms with van der Waals surface area (Å²) in [5, 5.41) is 0. The molecule has 3 rings (SSSR count). The van der Waals surface area contributed by atoms with Crippen molar-refractivity contribution in [3.05, 3.63) is 53.1 Å². The van der Waals surface area contributed by atoms with E-state index in [1.54, 1.807) is 6.07 Å². The van der Waals surface area contributed by atoms with Gasteiger partial charge in [-0.05, 0) is 25.1 Å². The zero-order valence-electron chi connectivity index (χ0n) is 13.0. The first kappa shape index (κ1) is 16.4. The summed E-state index contributed by atoms with van der Waals surface area (Å²) < 4.78 is 21.4. The van der Waals surface area contributed by atoms with Crippen molar-refractivity contribution in [2.24, 2.45) is 4.99 Å². The van der Waals surface area contributed by atoms with E-state index in [0.29, 0.717) is 24.6 Å². The van der Waals surface area contributed by atoms with Crippen LogP contribution in [0.3, 0.4) is 0 Å². The Morgan fingerprint density at radius 2 is 2.29 bits per heavy atom. The van der Waals surface area contributed by atoms with E-state index in [9.17, 15) is 9.18 Å². The van der Waals surface area contributed by atoms with Gasteiger partial charge in [-0.15, -0.1) is 0 Å². The average molecular weight is 346 g/mol. The molecule has 0 fully saturated rings. The Morgan fingerprint density at radius 1 is 1.42 bits per heavy atom. The number of hydrogen-bond acceptors (Lipinski definition) is 5. The summed E-state index contributed by atoms with van der Waals surface area (Å²) in [7, 11) is 0. The molecule has 6 nitrogen and oxygen atoms in total. The second-order valence-electron chi connectivity index (χ2n) is 4.85. The van der Waals surface area contributed by atoms with E-state index in [2.05, 4.69) is 15.0 Å². The van der Waals surface area contributed by atoms with E-state index in [1.165, 1.54) is 42.1 Å². The molecule has 1 aromatic carbocycles. The number of nitrogens with zero attached hydrogens (tertiary/aromatic N) is 4. The van der Waals surface area contributed by atoms with Gasteiger partial charge in [0.1, 0.15) is 11.5 Å². The van der Waals surface area contributed by atoms with Gasteiger partial charge in [-0.1, -0.05) is 11.3 Å². The maximum atomic E-state index is 13.5. The third kappa shape index (κ3) is 3.55. The average Bonchev–Trinajstić information content (AvgIpc) is 2.92. The molecule has 0 saturated heterocycles. The van der Waals surface area contributed by atoms with Crippen LogP contribution in [0, 0.1) is 5.82 Å². The summed E-state index contributed by atoms with van der Waals surface area (Å²) in [6, 6.07) is 4.50. The maximum absolute atomic E-state index is 13.5. The van der Waals surface area contributed by atoms with Crippen molar-refractivity contribution in [3.63, 3.8) is 0 Å². The van der Waals surface area contributed by atoms with Crippen LogP contribution in [0.15, 0.2) is 41.8 Å². The summed E-state index contributed by atoms with van der Waals surface area (Å²) in [5.41, 5.74) is 0.976. The van der Waals surface area contributed by atoms with E-state index >= 15 is 0 Å². The lowest BCUT2D eigenvalue weighted by Gasteiger charge is -2.05. The van der Waals surface area contributed by atoms with Crippen LogP contribution in [0.4, 0.5) is 4.39 Å². The summed E-state index contributed by atoms with van der Waals surface area (Å²) >= 11 is 1.25. The molecule has 8 heteroatoms. The van der Waals surface area contributed by atoms with Crippen molar-refractivity contribution in [1.29, 1.82) is 0 Å². The minimum absolute atomic E-state index is 0.164. The van der Waals surface area contributed by atoms with E-state index < -0.39 is 5.91 Å². The lowest BCUT2D eigenvalue weighted by atomic mass is 10.3. The lowest BCUT2D eigenvalue weighted by Crippen LogP contribution is -2.20. The number of halogens is 1. The fourth-order valence-corrected chi connectivity index (χ4v) is 3.28. The number of aromatic nitrogens is 3. The number of thiazole rings is 1. The first-order chi connectivity index (χ1) is 11.7. The molecule has 2 heterocycles. The molecule has 24 heavy (non-hydrogen) atoms. The third-order valence-corrected chi connectivity index (χ3v) is 4.33. The molecule has 0 bridgehead atoms. The number of carbonyl (C=O) groups excluding carboxylic acids is 1. The molecule has 0 aliphatic rings. The Bertz CT molecular complexity index is 921. The molecule has 0 atom stereocenters. The van der Waals surface area contributed by atoms with Crippen molar-refractivity contribution < 1.29 is 13.9 Å². The maximum Gasteiger partial charge on any atom is 0.299 e. The van der Waals surface area contributed by atoms with Gasteiger partial charge in [0, 0.05) is 25.5 Å². The van der Waals surface area contributed by atoms with Crippen molar-refractivity contribution in [1.82, 2.24) is 14.5 Å². The fraction of sp³-hybridized carbons (Fsp3) is 0.250. The predicted octanol–water partition coefficient (Wildman–Crippen LogP) is 2.41. The Hall–Kier alpha value is -2.45. The summed E-state index contributed by atoms with van der Waals surface area (Å²) in [4.78, 5) is 24.7. The number of carbonyl (C=O) groups is 1. The highest BCUT2D eigenvalue weighted by Crippen LogP contribution is 2.18. The van der Waals surface area contributed by atoms with Gasteiger partial charge in [-0.25, -0.2) is 9.37 Å². The Balaban J connectivity index is 2.06. The SMILES string of the molecule is CCOCCn1c(=NC(=O)c2cnccn2)sc2cc(F)ccc21. The highest BCUT2D eigenvalue weighted by atomic mass is 32.1. The molecule has 124 valence electrons.